The molecule has 1 aromatic carbocycles. The zero-order chi connectivity index (χ0) is 18.7. The number of nitrogens with zero attached hydrogens (tertiary/aromatic N) is 2. The smallest absolute Gasteiger partial charge is 0.292 e. The molecule has 2 heterocycles. The molecule has 26 heavy (non-hydrogen) atoms. The van der Waals surface area contributed by atoms with Crippen molar-refractivity contribution in [3.63, 3.8) is 0 Å². The van der Waals surface area contributed by atoms with Gasteiger partial charge < -0.3 is 18.8 Å². The Bertz CT molecular complexity index is 951. The number of ether oxygens (including phenoxy) is 2. The van der Waals surface area contributed by atoms with Crippen molar-refractivity contribution in [3.8, 4) is 23.0 Å². The van der Waals surface area contributed by atoms with Crippen LogP contribution in [0, 0.1) is 4.84 Å². The number of thiophene rings is 1. The van der Waals surface area contributed by atoms with Crippen molar-refractivity contribution in [3.05, 3.63) is 44.4 Å². The molecule has 0 bridgehead atoms. The van der Waals surface area contributed by atoms with Crippen LogP contribution in [0.15, 0.2) is 34.7 Å². The minimum absolute atomic E-state index is 0.321. The summed E-state index contributed by atoms with van der Waals surface area (Å²) in [6.07, 6.45) is 0. The van der Waals surface area contributed by atoms with Gasteiger partial charge in [-0.3, -0.25) is 0 Å². The zero-order valence-corrected chi connectivity index (χ0v) is 17.0. The van der Waals surface area contributed by atoms with Crippen molar-refractivity contribution >= 4 is 35.2 Å². The van der Waals surface area contributed by atoms with Crippen LogP contribution in [-0.2, 0) is 13.2 Å². The Hall–Kier alpha value is -1.87. The zero-order valence-electron chi connectivity index (χ0n) is 14.6. The lowest BCUT2D eigenvalue weighted by molar-refractivity contribution is -0.917. The average Bonchev–Trinajstić information content (AvgIpc) is 3.19. The number of aromatic nitrogens is 2. The molecule has 0 amide bonds. The van der Waals surface area contributed by atoms with Gasteiger partial charge in [0.05, 0.1) is 36.0 Å². The number of methoxy groups -OCH3 is 2. The largest absolute Gasteiger partial charge is 0.497 e. The summed E-state index contributed by atoms with van der Waals surface area (Å²) in [6.45, 7) is 1.41. The van der Waals surface area contributed by atoms with Gasteiger partial charge in [0, 0.05) is 6.07 Å². The van der Waals surface area contributed by atoms with E-state index in [-0.39, 0.29) is 0 Å². The van der Waals surface area contributed by atoms with Crippen LogP contribution in [0.5, 0.6) is 11.5 Å². The topological polar surface area (TPSA) is 53.9 Å². The summed E-state index contributed by atoms with van der Waals surface area (Å²) in [6, 6.07) is 9.39. The molecular formula is C17H19ClN3O3S2+. The van der Waals surface area contributed by atoms with Gasteiger partial charge in [0.15, 0.2) is 6.67 Å². The second-order valence-electron chi connectivity index (χ2n) is 5.74. The first kappa shape index (κ1) is 18.9. The maximum atomic E-state index is 5.99. The lowest BCUT2D eigenvalue weighted by Crippen LogP contribution is -3.06. The van der Waals surface area contributed by atoms with E-state index < -0.39 is 0 Å². The van der Waals surface area contributed by atoms with Crippen molar-refractivity contribution < 1.29 is 18.8 Å². The molecule has 1 unspecified atom stereocenters. The second-order valence-corrected chi connectivity index (χ2v) is 7.89. The van der Waals surface area contributed by atoms with Gasteiger partial charge in [0.2, 0.25) is 0 Å². The van der Waals surface area contributed by atoms with Gasteiger partial charge in [-0.2, -0.15) is 4.68 Å². The normalized spacial score (nSPS) is 12.2. The highest BCUT2D eigenvalue weighted by atomic mass is 35.5. The van der Waals surface area contributed by atoms with E-state index in [1.54, 1.807) is 36.3 Å². The highest BCUT2D eigenvalue weighted by molar-refractivity contribution is 7.71. The first-order chi connectivity index (χ1) is 12.5. The predicted octanol–water partition coefficient (Wildman–Crippen LogP) is 3.28. The predicted molar refractivity (Wildman–Crippen MR) is 104 cm³/mol. The van der Waals surface area contributed by atoms with Crippen LogP contribution in [0.25, 0.3) is 11.5 Å². The van der Waals surface area contributed by atoms with E-state index in [1.807, 2.05) is 24.3 Å². The molecule has 9 heteroatoms. The number of benzene rings is 1. The molecule has 0 saturated carbocycles. The highest BCUT2D eigenvalue weighted by Gasteiger charge is 2.16. The third-order valence-electron chi connectivity index (χ3n) is 3.77. The maximum Gasteiger partial charge on any atom is 0.292 e. The summed E-state index contributed by atoms with van der Waals surface area (Å²) < 4.78 is 18.8. The Morgan fingerprint density at radius 1 is 1.27 bits per heavy atom. The fourth-order valence-corrected chi connectivity index (χ4v) is 3.93. The van der Waals surface area contributed by atoms with Crippen molar-refractivity contribution in [1.82, 2.24) is 9.78 Å². The van der Waals surface area contributed by atoms with E-state index in [4.69, 9.17) is 37.7 Å². The number of quaternary nitrogens is 1. The van der Waals surface area contributed by atoms with E-state index in [0.29, 0.717) is 28.9 Å². The van der Waals surface area contributed by atoms with Gasteiger partial charge >= 0.3 is 0 Å². The Kier molecular flexibility index (Phi) is 5.98. The number of rotatable bonds is 7. The molecule has 1 atom stereocenters. The van der Waals surface area contributed by atoms with E-state index in [1.165, 1.54) is 9.78 Å². The summed E-state index contributed by atoms with van der Waals surface area (Å²) in [5, 5.41) is 4.51. The molecule has 3 aromatic rings. The number of hydrogen-bond acceptors (Lipinski definition) is 6. The van der Waals surface area contributed by atoms with Crippen LogP contribution in [-0.4, -0.2) is 31.0 Å². The van der Waals surface area contributed by atoms with Crippen LogP contribution < -0.4 is 14.4 Å². The Balaban J connectivity index is 1.80. The molecule has 1 N–H and O–H groups in total. The SMILES string of the molecule is COc1ccc(-c2nn(C[NH+](C)Cc3ccc(Cl)s3)c(=S)o2)c(OC)c1. The van der Waals surface area contributed by atoms with Crippen molar-refractivity contribution in [2.45, 2.75) is 13.2 Å². The molecule has 6 nitrogen and oxygen atoms in total. The summed E-state index contributed by atoms with van der Waals surface area (Å²) in [4.78, 5) is 2.74. The van der Waals surface area contributed by atoms with Gasteiger partial charge in [0.1, 0.15) is 18.0 Å². The molecule has 0 aliphatic carbocycles. The highest BCUT2D eigenvalue weighted by Crippen LogP contribution is 2.32. The summed E-state index contributed by atoms with van der Waals surface area (Å²) in [7, 11) is 5.26. The van der Waals surface area contributed by atoms with Crippen LogP contribution in [0.3, 0.4) is 0 Å². The molecule has 138 valence electrons. The van der Waals surface area contributed by atoms with E-state index in [9.17, 15) is 0 Å². The van der Waals surface area contributed by atoms with Gasteiger partial charge in [-0.15, -0.1) is 16.4 Å². The summed E-state index contributed by atoms with van der Waals surface area (Å²) >= 11 is 12.9. The van der Waals surface area contributed by atoms with Crippen LogP contribution >= 0.6 is 35.2 Å². The number of halogens is 1. The van der Waals surface area contributed by atoms with Crippen molar-refractivity contribution in [2.24, 2.45) is 0 Å². The van der Waals surface area contributed by atoms with Gasteiger partial charge in [-0.25, -0.2) is 0 Å². The molecule has 2 aromatic heterocycles. The fraction of sp³-hybridized carbons (Fsp3) is 0.294. The molecule has 3 rings (SSSR count). The Morgan fingerprint density at radius 2 is 2.08 bits per heavy atom. The summed E-state index contributed by atoms with van der Waals surface area (Å²) in [5.41, 5.74) is 0.723. The van der Waals surface area contributed by atoms with Gasteiger partial charge in [-0.05, 0) is 36.5 Å². The first-order valence-corrected chi connectivity index (χ1v) is 9.46. The summed E-state index contributed by atoms with van der Waals surface area (Å²) in [5.74, 6) is 1.73. The van der Waals surface area contributed by atoms with Gasteiger partial charge in [0.25, 0.3) is 10.7 Å². The van der Waals surface area contributed by atoms with Crippen LogP contribution in [0.4, 0.5) is 0 Å². The number of nitrogens with one attached hydrogen (secondary N) is 1. The Morgan fingerprint density at radius 3 is 2.73 bits per heavy atom. The minimum atomic E-state index is 0.321. The van der Waals surface area contributed by atoms with Crippen LogP contribution in [0.2, 0.25) is 4.34 Å². The van der Waals surface area contributed by atoms with E-state index >= 15 is 0 Å². The van der Waals surface area contributed by atoms with E-state index in [2.05, 4.69) is 12.1 Å². The molecule has 0 aliphatic rings. The molecular weight excluding hydrogens is 394 g/mol. The number of hydrogen-bond donors (Lipinski definition) is 1. The fourth-order valence-electron chi connectivity index (χ4n) is 2.55. The Labute approximate surface area is 165 Å². The second kappa shape index (κ2) is 8.22. The average molecular weight is 413 g/mol. The lowest BCUT2D eigenvalue weighted by Gasteiger charge is -2.11. The standard InChI is InChI=1S/C17H18ClN3O3S2/c1-20(9-12-5-7-15(18)26-12)10-21-17(25)24-16(19-21)13-6-4-11(22-2)8-14(13)23-3/h4-8H,9-10H2,1-3H3/p+1. The van der Waals surface area contributed by atoms with Crippen molar-refractivity contribution in [2.75, 3.05) is 21.3 Å². The maximum absolute atomic E-state index is 5.99. The third kappa shape index (κ3) is 4.27. The quantitative estimate of drug-likeness (QED) is 0.603. The first-order valence-electron chi connectivity index (χ1n) is 7.86. The van der Waals surface area contributed by atoms with Gasteiger partial charge in [-0.1, -0.05) is 11.6 Å². The monoisotopic (exact) mass is 412 g/mol. The third-order valence-corrected chi connectivity index (χ3v) is 5.30. The minimum Gasteiger partial charge on any atom is -0.497 e. The molecule has 0 fully saturated rings. The molecule has 0 spiro atoms. The van der Waals surface area contributed by atoms with E-state index in [0.717, 1.165) is 16.4 Å². The van der Waals surface area contributed by atoms with Crippen LogP contribution in [0.1, 0.15) is 4.88 Å². The lowest BCUT2D eigenvalue weighted by atomic mass is 10.2. The molecule has 0 radical (unpaired) electrons. The molecule has 0 aliphatic heterocycles. The van der Waals surface area contributed by atoms with Crippen molar-refractivity contribution in [1.29, 1.82) is 0 Å². The molecule has 0 saturated heterocycles.